The highest BCUT2D eigenvalue weighted by molar-refractivity contribution is 5.94. The van der Waals surface area contributed by atoms with E-state index in [9.17, 15) is 9.90 Å². The van der Waals surface area contributed by atoms with Crippen molar-refractivity contribution < 1.29 is 9.90 Å². The fourth-order valence-electron chi connectivity index (χ4n) is 2.43. The molecule has 0 saturated carbocycles. The van der Waals surface area contributed by atoms with Gasteiger partial charge < -0.3 is 21.1 Å². The van der Waals surface area contributed by atoms with Crippen molar-refractivity contribution in [3.05, 3.63) is 71.4 Å². The number of nitrogen functional groups attached to an aromatic ring is 1. The van der Waals surface area contributed by atoms with Crippen molar-refractivity contribution in [1.82, 2.24) is 10.2 Å². The van der Waals surface area contributed by atoms with Crippen LogP contribution < -0.4 is 11.1 Å². The maximum absolute atomic E-state index is 12.1. The molecule has 152 valence electrons. The van der Waals surface area contributed by atoms with Crippen LogP contribution in [-0.4, -0.2) is 42.2 Å². The summed E-state index contributed by atoms with van der Waals surface area (Å²) in [4.78, 5) is 13.8. The summed E-state index contributed by atoms with van der Waals surface area (Å²) in [7, 11) is 1.93. The molecule has 0 heterocycles. The Kier molecular flexibility index (Phi) is 10.4. The Morgan fingerprint density at radius 1 is 1.18 bits per heavy atom. The first-order valence-corrected chi connectivity index (χ1v) is 9.61. The van der Waals surface area contributed by atoms with Gasteiger partial charge in [-0.15, -0.1) is 0 Å². The fourth-order valence-corrected chi connectivity index (χ4v) is 2.43. The number of carbonyl (C=O) groups excluding carboxylic acids is 1. The number of rotatable bonds is 7. The van der Waals surface area contributed by atoms with E-state index in [0.29, 0.717) is 30.8 Å². The Labute approximate surface area is 168 Å². The number of hydrogen-bond donors (Lipinski definition) is 3. The van der Waals surface area contributed by atoms with E-state index in [2.05, 4.69) is 23.5 Å². The van der Waals surface area contributed by atoms with Gasteiger partial charge in [-0.1, -0.05) is 30.3 Å². The summed E-state index contributed by atoms with van der Waals surface area (Å²) in [5.74, 6) is -0.0202. The minimum absolute atomic E-state index is 0.0202. The molecule has 0 saturated heterocycles. The van der Waals surface area contributed by atoms with E-state index in [4.69, 9.17) is 5.73 Å². The molecule has 5 nitrogen and oxygen atoms in total. The highest BCUT2D eigenvalue weighted by Gasteiger charge is 2.14. The summed E-state index contributed by atoms with van der Waals surface area (Å²) in [6, 6.07) is 17.1. The first-order valence-electron chi connectivity index (χ1n) is 9.61. The Hall–Kier alpha value is -2.79. The van der Waals surface area contributed by atoms with Crippen LogP contribution in [0.15, 0.2) is 60.3 Å². The van der Waals surface area contributed by atoms with Crippen LogP contribution in [0.25, 0.3) is 6.08 Å². The molecule has 0 spiro atoms. The second kappa shape index (κ2) is 12.6. The van der Waals surface area contributed by atoms with Crippen LogP contribution in [0.3, 0.4) is 0 Å². The summed E-state index contributed by atoms with van der Waals surface area (Å²) in [5, 5.41) is 12.3. The van der Waals surface area contributed by atoms with Gasteiger partial charge in [0, 0.05) is 37.1 Å². The monoisotopic (exact) mass is 383 g/mol. The van der Waals surface area contributed by atoms with Crippen molar-refractivity contribution in [1.29, 1.82) is 0 Å². The van der Waals surface area contributed by atoms with Gasteiger partial charge in [0.05, 0.1) is 6.10 Å². The molecule has 1 unspecified atom stereocenters. The maximum atomic E-state index is 12.1. The van der Waals surface area contributed by atoms with Crippen molar-refractivity contribution in [2.45, 2.75) is 33.3 Å². The summed E-state index contributed by atoms with van der Waals surface area (Å²) in [6.45, 7) is 6.90. The lowest BCUT2D eigenvalue weighted by molar-refractivity contribution is 0.0734. The van der Waals surface area contributed by atoms with Crippen LogP contribution in [0.2, 0.25) is 0 Å². The van der Waals surface area contributed by atoms with Gasteiger partial charge in [-0.2, -0.15) is 0 Å². The molecule has 1 atom stereocenters. The number of nitrogens with one attached hydrogen (secondary N) is 1. The summed E-state index contributed by atoms with van der Waals surface area (Å²) in [5.41, 5.74) is 9.27. The number of aliphatic hydroxyl groups is 1. The lowest BCUT2D eigenvalue weighted by atomic mass is 10.1. The van der Waals surface area contributed by atoms with Crippen LogP contribution in [-0.2, 0) is 0 Å². The number of anilines is 1. The molecule has 2 aromatic carbocycles. The van der Waals surface area contributed by atoms with E-state index >= 15 is 0 Å². The van der Waals surface area contributed by atoms with Gasteiger partial charge in [-0.3, -0.25) is 4.79 Å². The first kappa shape index (κ1) is 23.2. The standard InChI is InChI=1S/C13H20N2O2.C10H13N/c1-3-15(9-8-10(2)16)13(17)11-4-6-12(14)7-5-11;1-9(11-2)8-10-6-4-3-5-7-10/h4-7,10,16H,3,8-9,14H2,1-2H3;3-8,11H,1-2H3/b;9-8+. The number of benzene rings is 2. The number of carbonyl (C=O) groups is 1. The molecular weight excluding hydrogens is 350 g/mol. The van der Waals surface area contributed by atoms with Crippen molar-refractivity contribution >= 4 is 17.7 Å². The third-order valence-corrected chi connectivity index (χ3v) is 4.22. The van der Waals surface area contributed by atoms with E-state index in [1.165, 1.54) is 11.3 Å². The number of hydrogen-bond acceptors (Lipinski definition) is 4. The van der Waals surface area contributed by atoms with E-state index in [0.717, 1.165) is 0 Å². The van der Waals surface area contributed by atoms with Crippen molar-refractivity contribution in [3.8, 4) is 0 Å². The van der Waals surface area contributed by atoms with Crippen LogP contribution in [0, 0.1) is 0 Å². The van der Waals surface area contributed by atoms with E-state index < -0.39 is 0 Å². The molecule has 0 aliphatic rings. The molecule has 0 aliphatic carbocycles. The van der Waals surface area contributed by atoms with Crippen molar-refractivity contribution in [2.24, 2.45) is 0 Å². The Balaban J connectivity index is 0.000000307. The molecule has 2 rings (SSSR count). The molecule has 0 bridgehead atoms. The largest absolute Gasteiger partial charge is 0.399 e. The highest BCUT2D eigenvalue weighted by atomic mass is 16.3. The van der Waals surface area contributed by atoms with Gasteiger partial charge in [-0.25, -0.2) is 0 Å². The maximum Gasteiger partial charge on any atom is 0.253 e. The van der Waals surface area contributed by atoms with Gasteiger partial charge in [0.1, 0.15) is 0 Å². The fraction of sp³-hybridized carbons (Fsp3) is 0.348. The molecule has 0 aromatic heterocycles. The average Bonchev–Trinajstić information content (AvgIpc) is 2.70. The topological polar surface area (TPSA) is 78.6 Å². The molecule has 0 aliphatic heterocycles. The highest BCUT2D eigenvalue weighted by Crippen LogP contribution is 2.09. The molecule has 2 aromatic rings. The van der Waals surface area contributed by atoms with E-state index in [1.54, 1.807) is 36.1 Å². The van der Waals surface area contributed by atoms with Crippen LogP contribution in [0.1, 0.15) is 43.1 Å². The average molecular weight is 384 g/mol. The number of aliphatic hydroxyl groups excluding tert-OH is 1. The minimum atomic E-state index is -0.386. The van der Waals surface area contributed by atoms with Gasteiger partial charge in [0.25, 0.3) is 5.91 Å². The normalized spacial score (nSPS) is 11.8. The van der Waals surface area contributed by atoms with Crippen LogP contribution in [0.4, 0.5) is 5.69 Å². The number of allylic oxidation sites excluding steroid dienone is 1. The van der Waals surface area contributed by atoms with E-state index in [-0.39, 0.29) is 12.0 Å². The van der Waals surface area contributed by atoms with Crippen LogP contribution in [0.5, 0.6) is 0 Å². The van der Waals surface area contributed by atoms with Gasteiger partial charge in [0.15, 0.2) is 0 Å². The predicted octanol–water partition coefficient (Wildman–Crippen LogP) is 3.77. The summed E-state index contributed by atoms with van der Waals surface area (Å²) in [6.07, 6.45) is 2.32. The number of nitrogens with zero attached hydrogens (tertiary/aromatic N) is 1. The zero-order chi connectivity index (χ0) is 20.9. The number of nitrogens with two attached hydrogens (primary N) is 1. The molecule has 0 radical (unpaired) electrons. The SMILES string of the molecule is CCN(CCC(C)O)C(=O)c1ccc(N)cc1.CN/C(C)=C/c1ccccc1. The van der Waals surface area contributed by atoms with Gasteiger partial charge in [0.2, 0.25) is 0 Å². The van der Waals surface area contributed by atoms with Gasteiger partial charge >= 0.3 is 0 Å². The van der Waals surface area contributed by atoms with Crippen molar-refractivity contribution in [3.63, 3.8) is 0 Å². The van der Waals surface area contributed by atoms with Gasteiger partial charge in [-0.05, 0) is 63.1 Å². The molecular formula is C23H33N3O2. The lowest BCUT2D eigenvalue weighted by Gasteiger charge is -2.21. The smallest absolute Gasteiger partial charge is 0.253 e. The third-order valence-electron chi connectivity index (χ3n) is 4.22. The third kappa shape index (κ3) is 8.73. The Morgan fingerprint density at radius 3 is 2.29 bits per heavy atom. The molecule has 1 amide bonds. The first-order chi connectivity index (χ1) is 13.4. The second-order valence-electron chi connectivity index (χ2n) is 6.63. The van der Waals surface area contributed by atoms with Crippen LogP contribution >= 0.6 is 0 Å². The Bertz CT molecular complexity index is 725. The zero-order valence-electron chi connectivity index (χ0n) is 17.4. The molecule has 28 heavy (non-hydrogen) atoms. The van der Waals surface area contributed by atoms with E-state index in [1.807, 2.05) is 39.1 Å². The zero-order valence-corrected chi connectivity index (χ0v) is 17.4. The minimum Gasteiger partial charge on any atom is -0.399 e. The lowest BCUT2D eigenvalue weighted by Crippen LogP contribution is -2.33. The predicted molar refractivity (Wildman–Crippen MR) is 118 cm³/mol. The molecule has 4 N–H and O–H groups in total. The van der Waals surface area contributed by atoms with Crippen molar-refractivity contribution in [2.75, 3.05) is 25.9 Å². The Morgan fingerprint density at radius 2 is 1.79 bits per heavy atom. The second-order valence-corrected chi connectivity index (χ2v) is 6.63. The summed E-state index contributed by atoms with van der Waals surface area (Å²) < 4.78 is 0. The quantitative estimate of drug-likeness (QED) is 0.636. The summed E-state index contributed by atoms with van der Waals surface area (Å²) >= 11 is 0. The molecule has 5 heteroatoms. The molecule has 0 fully saturated rings. The number of amides is 1.